The maximum atomic E-state index is 4.77. The number of aromatic nitrogens is 4. The zero-order valence-corrected chi connectivity index (χ0v) is 18.8. The van der Waals surface area contributed by atoms with Crippen molar-refractivity contribution in [3.05, 3.63) is 110 Å². The molecule has 2 aromatic heterocycles. The van der Waals surface area contributed by atoms with E-state index in [4.69, 9.17) is 4.98 Å². The molecule has 0 amide bonds. The third kappa shape index (κ3) is 3.25. The highest BCUT2D eigenvalue weighted by atomic mass is 28.3. The van der Waals surface area contributed by atoms with Crippen LogP contribution in [0.1, 0.15) is 6.92 Å². The van der Waals surface area contributed by atoms with Crippen molar-refractivity contribution >= 4 is 40.8 Å². The molecule has 0 unspecified atom stereocenters. The zero-order chi connectivity index (χ0) is 21.8. The Hall–Kier alpha value is -3.90. The Bertz CT molecular complexity index is 1210. The molecule has 0 aliphatic heterocycles. The van der Waals surface area contributed by atoms with Crippen molar-refractivity contribution in [2.24, 2.45) is 0 Å². The maximum absolute atomic E-state index is 4.77. The third-order valence-corrected chi connectivity index (χ3v) is 10.6. The number of rotatable bonds is 6. The van der Waals surface area contributed by atoms with Crippen LogP contribution in [0.4, 0.5) is 5.82 Å². The van der Waals surface area contributed by atoms with Gasteiger partial charge in [0, 0.05) is 18.9 Å². The minimum absolute atomic E-state index is 0.605. The van der Waals surface area contributed by atoms with Gasteiger partial charge in [-0.2, -0.15) is 0 Å². The SMILES string of the molecule is CCN(c1ncnc2nccnc12)[Si](c1ccccc1)(c1ccccc1)c1ccccc1. The van der Waals surface area contributed by atoms with Gasteiger partial charge in [-0.25, -0.2) is 19.9 Å². The second-order valence-electron chi connectivity index (χ2n) is 7.48. The molecule has 0 saturated carbocycles. The van der Waals surface area contributed by atoms with Gasteiger partial charge in [-0.1, -0.05) is 91.0 Å². The second kappa shape index (κ2) is 8.68. The second-order valence-corrected chi connectivity index (χ2v) is 11.2. The fraction of sp³-hybridized carbons (Fsp3) is 0.0769. The van der Waals surface area contributed by atoms with E-state index in [1.807, 2.05) is 0 Å². The first-order valence-electron chi connectivity index (χ1n) is 10.7. The first-order chi connectivity index (χ1) is 15.9. The zero-order valence-electron chi connectivity index (χ0n) is 17.8. The van der Waals surface area contributed by atoms with Gasteiger partial charge in [-0.3, -0.25) is 0 Å². The first kappa shape index (κ1) is 20.0. The summed E-state index contributed by atoms with van der Waals surface area (Å²) >= 11 is 0. The fourth-order valence-electron chi connectivity index (χ4n) is 4.53. The topological polar surface area (TPSA) is 54.8 Å². The normalized spacial score (nSPS) is 11.4. The summed E-state index contributed by atoms with van der Waals surface area (Å²) < 4.78 is 2.45. The van der Waals surface area contributed by atoms with Crippen molar-refractivity contribution in [3.63, 3.8) is 0 Å². The van der Waals surface area contributed by atoms with Crippen LogP contribution in [0.15, 0.2) is 110 Å². The highest BCUT2D eigenvalue weighted by Gasteiger charge is 2.46. The molecule has 0 bridgehead atoms. The molecule has 0 spiro atoms. The monoisotopic (exact) mass is 433 g/mol. The Balaban J connectivity index is 1.91. The van der Waals surface area contributed by atoms with Crippen LogP contribution < -0.4 is 20.1 Å². The standard InChI is InChI=1S/C26H23N5Si/c1-2-31(26-24-25(29-20-30-26)28-19-18-27-24)32(21-12-6-3-7-13-21,22-14-8-4-9-15-22)23-16-10-5-11-17-23/h3-20H,2H2,1H3. The molecular formula is C26H23N5Si. The van der Waals surface area contributed by atoms with Crippen molar-refractivity contribution in [1.82, 2.24) is 19.9 Å². The van der Waals surface area contributed by atoms with Crippen LogP contribution in [-0.4, -0.2) is 34.7 Å². The van der Waals surface area contributed by atoms with Gasteiger partial charge in [-0.15, -0.1) is 0 Å². The van der Waals surface area contributed by atoms with E-state index >= 15 is 0 Å². The molecule has 0 saturated heterocycles. The van der Waals surface area contributed by atoms with E-state index in [2.05, 4.69) is 117 Å². The lowest BCUT2D eigenvalue weighted by molar-refractivity contribution is 1.02. The largest absolute Gasteiger partial charge is 0.370 e. The number of hydrogen-bond donors (Lipinski definition) is 0. The average molecular weight is 434 g/mol. The van der Waals surface area contributed by atoms with E-state index in [0.717, 1.165) is 17.9 Å². The van der Waals surface area contributed by atoms with Gasteiger partial charge >= 0.3 is 0 Å². The molecule has 0 N–H and O–H groups in total. The molecule has 0 aliphatic rings. The highest BCUT2D eigenvalue weighted by molar-refractivity contribution is 7.13. The van der Waals surface area contributed by atoms with Crippen LogP contribution in [0, 0.1) is 0 Å². The fourth-order valence-corrected chi connectivity index (χ4v) is 9.45. The summed E-state index contributed by atoms with van der Waals surface area (Å²) in [6.07, 6.45) is 4.97. The van der Waals surface area contributed by atoms with Gasteiger partial charge in [0.1, 0.15) is 11.8 Å². The van der Waals surface area contributed by atoms with Gasteiger partial charge in [0.2, 0.25) is 0 Å². The first-order valence-corrected chi connectivity index (χ1v) is 12.7. The van der Waals surface area contributed by atoms with E-state index in [9.17, 15) is 0 Å². The van der Waals surface area contributed by atoms with Crippen LogP contribution in [0.25, 0.3) is 11.2 Å². The molecular weight excluding hydrogens is 410 g/mol. The molecule has 6 heteroatoms. The van der Waals surface area contributed by atoms with Crippen molar-refractivity contribution in [3.8, 4) is 0 Å². The minimum atomic E-state index is -2.74. The predicted octanol–water partition coefficient (Wildman–Crippen LogP) is 2.91. The molecule has 156 valence electrons. The Morgan fingerprint density at radius 1 is 0.625 bits per heavy atom. The summed E-state index contributed by atoms with van der Waals surface area (Å²) in [5.41, 5.74) is 1.32. The van der Waals surface area contributed by atoms with Gasteiger partial charge in [-0.05, 0) is 22.5 Å². The lowest BCUT2D eigenvalue weighted by atomic mass is 10.3. The van der Waals surface area contributed by atoms with E-state index < -0.39 is 8.24 Å². The van der Waals surface area contributed by atoms with Crippen LogP contribution in [0.3, 0.4) is 0 Å². The molecule has 5 rings (SSSR count). The van der Waals surface area contributed by atoms with Crippen molar-refractivity contribution in [1.29, 1.82) is 0 Å². The maximum Gasteiger partial charge on any atom is 0.254 e. The molecule has 5 aromatic rings. The average Bonchev–Trinajstić information content (AvgIpc) is 2.88. The number of anilines is 1. The van der Waals surface area contributed by atoms with Crippen LogP contribution in [0.5, 0.6) is 0 Å². The number of hydrogen-bond acceptors (Lipinski definition) is 5. The van der Waals surface area contributed by atoms with Crippen molar-refractivity contribution in [2.45, 2.75) is 6.92 Å². The predicted molar refractivity (Wildman–Crippen MR) is 132 cm³/mol. The molecule has 32 heavy (non-hydrogen) atoms. The molecule has 0 radical (unpaired) electrons. The smallest absolute Gasteiger partial charge is 0.254 e. The summed E-state index contributed by atoms with van der Waals surface area (Å²) in [6, 6.07) is 32.4. The highest BCUT2D eigenvalue weighted by Crippen LogP contribution is 2.25. The van der Waals surface area contributed by atoms with E-state index in [-0.39, 0.29) is 0 Å². The Kier molecular flexibility index (Phi) is 5.43. The molecule has 5 nitrogen and oxygen atoms in total. The summed E-state index contributed by atoms with van der Waals surface area (Å²) in [5, 5.41) is 3.86. The quantitative estimate of drug-likeness (QED) is 0.304. The summed E-state index contributed by atoms with van der Waals surface area (Å²) in [5.74, 6) is 0.814. The summed E-state index contributed by atoms with van der Waals surface area (Å²) in [7, 11) is -2.74. The van der Waals surface area contributed by atoms with Crippen LogP contribution >= 0.6 is 0 Å². The number of benzene rings is 3. The Morgan fingerprint density at radius 2 is 1.12 bits per heavy atom. The summed E-state index contributed by atoms with van der Waals surface area (Å²) in [4.78, 5) is 18.2. The minimum Gasteiger partial charge on any atom is -0.370 e. The third-order valence-electron chi connectivity index (χ3n) is 5.80. The van der Waals surface area contributed by atoms with Gasteiger partial charge in [0.25, 0.3) is 8.24 Å². The molecule has 0 fully saturated rings. The van der Waals surface area contributed by atoms with Crippen molar-refractivity contribution in [2.75, 3.05) is 11.1 Å². The molecule has 2 heterocycles. The van der Waals surface area contributed by atoms with E-state index in [1.54, 1.807) is 18.7 Å². The number of fused-ring (bicyclic) bond motifs is 1. The summed E-state index contributed by atoms with van der Waals surface area (Å²) in [6.45, 7) is 2.94. The lowest BCUT2D eigenvalue weighted by Gasteiger charge is -2.43. The molecule has 0 aliphatic carbocycles. The van der Waals surface area contributed by atoms with Crippen LogP contribution in [0.2, 0.25) is 0 Å². The van der Waals surface area contributed by atoms with Crippen LogP contribution in [-0.2, 0) is 0 Å². The Labute approximate surface area is 188 Å². The molecule has 3 aromatic carbocycles. The van der Waals surface area contributed by atoms with Gasteiger partial charge < -0.3 is 4.57 Å². The van der Waals surface area contributed by atoms with E-state index in [1.165, 1.54) is 15.6 Å². The molecule has 0 atom stereocenters. The Morgan fingerprint density at radius 3 is 1.62 bits per heavy atom. The van der Waals surface area contributed by atoms with Gasteiger partial charge in [0.15, 0.2) is 11.5 Å². The van der Waals surface area contributed by atoms with Crippen molar-refractivity contribution < 1.29 is 0 Å². The number of nitrogens with zero attached hydrogens (tertiary/aromatic N) is 5. The van der Waals surface area contributed by atoms with E-state index in [0.29, 0.717) is 5.65 Å². The van der Waals surface area contributed by atoms with Gasteiger partial charge in [0.05, 0.1) is 0 Å². The lowest BCUT2D eigenvalue weighted by Crippen LogP contribution is -2.78.